The summed E-state index contributed by atoms with van der Waals surface area (Å²) >= 11 is 3.56. The third-order valence-electron chi connectivity index (χ3n) is 2.64. The molecule has 2 rings (SSSR count). The predicted octanol–water partition coefficient (Wildman–Crippen LogP) is 2.80. The topological polar surface area (TPSA) is 29.9 Å². The van der Waals surface area contributed by atoms with Gasteiger partial charge in [0.15, 0.2) is 0 Å². The first-order valence-electron chi connectivity index (χ1n) is 5.76. The van der Waals surface area contributed by atoms with E-state index in [9.17, 15) is 0 Å². The van der Waals surface area contributed by atoms with Crippen molar-refractivity contribution in [3.8, 4) is 0 Å². The Morgan fingerprint density at radius 2 is 2.12 bits per heavy atom. The number of nitrogens with zero attached hydrogens (tertiary/aromatic N) is 2. The van der Waals surface area contributed by atoms with Gasteiger partial charge in [0.25, 0.3) is 0 Å². The molecule has 1 aromatic heterocycles. The van der Waals surface area contributed by atoms with E-state index < -0.39 is 0 Å². The van der Waals surface area contributed by atoms with Crippen LogP contribution in [-0.2, 0) is 13.1 Å². The normalized spacial score (nSPS) is 10.7. The van der Waals surface area contributed by atoms with E-state index in [1.165, 1.54) is 11.3 Å². The van der Waals surface area contributed by atoms with Gasteiger partial charge in [-0.05, 0) is 24.2 Å². The Balaban J connectivity index is 2.13. The molecular weight excluding hydrogens is 278 g/mol. The maximum Gasteiger partial charge on any atom is 0.0674 e. The van der Waals surface area contributed by atoms with Crippen molar-refractivity contribution in [1.29, 1.82) is 0 Å². The molecule has 1 aromatic carbocycles. The van der Waals surface area contributed by atoms with E-state index in [-0.39, 0.29) is 0 Å². The van der Waals surface area contributed by atoms with Crippen molar-refractivity contribution in [2.45, 2.75) is 20.0 Å². The molecule has 0 saturated heterocycles. The monoisotopic (exact) mass is 293 g/mol. The fraction of sp³-hybridized carbons (Fsp3) is 0.308. The van der Waals surface area contributed by atoms with Crippen molar-refractivity contribution >= 4 is 15.9 Å². The second-order valence-corrected chi connectivity index (χ2v) is 4.71. The molecule has 3 nitrogen and oxygen atoms in total. The average Bonchev–Trinajstić information content (AvgIpc) is 2.77. The smallest absolute Gasteiger partial charge is 0.0674 e. The Morgan fingerprint density at radius 1 is 1.29 bits per heavy atom. The highest BCUT2D eigenvalue weighted by atomic mass is 79.9. The van der Waals surface area contributed by atoms with Gasteiger partial charge >= 0.3 is 0 Å². The fourth-order valence-corrected chi connectivity index (χ4v) is 2.10. The van der Waals surface area contributed by atoms with Crippen LogP contribution in [0.4, 0.5) is 0 Å². The van der Waals surface area contributed by atoms with Gasteiger partial charge in [0, 0.05) is 17.2 Å². The van der Waals surface area contributed by atoms with E-state index in [1.54, 1.807) is 0 Å². The minimum atomic E-state index is 0.801. The summed E-state index contributed by atoms with van der Waals surface area (Å²) in [4.78, 5) is 0. The minimum absolute atomic E-state index is 0.801. The molecule has 0 aliphatic rings. The molecule has 1 heterocycles. The Labute approximate surface area is 110 Å². The molecule has 0 aliphatic heterocycles. The maximum absolute atomic E-state index is 4.36. The highest BCUT2D eigenvalue weighted by Gasteiger charge is 2.04. The lowest BCUT2D eigenvalue weighted by molar-refractivity contribution is 0.605. The molecule has 0 aliphatic carbocycles. The third kappa shape index (κ3) is 3.17. The number of hydrogen-bond donors (Lipinski definition) is 1. The molecule has 0 bridgehead atoms. The van der Waals surface area contributed by atoms with Crippen molar-refractivity contribution in [2.75, 3.05) is 6.54 Å². The zero-order chi connectivity index (χ0) is 12.1. The first-order chi connectivity index (χ1) is 8.31. The number of aromatic nitrogens is 2. The predicted molar refractivity (Wildman–Crippen MR) is 72.9 cm³/mol. The van der Waals surface area contributed by atoms with Gasteiger partial charge in [0.05, 0.1) is 12.2 Å². The average molecular weight is 294 g/mol. The third-order valence-corrected chi connectivity index (χ3v) is 3.41. The van der Waals surface area contributed by atoms with Crippen LogP contribution in [0.3, 0.4) is 0 Å². The lowest BCUT2D eigenvalue weighted by Gasteiger charge is -2.09. The zero-order valence-corrected chi connectivity index (χ0v) is 11.4. The quantitative estimate of drug-likeness (QED) is 0.919. The molecule has 0 spiro atoms. The van der Waals surface area contributed by atoms with Crippen LogP contribution in [0, 0.1) is 0 Å². The van der Waals surface area contributed by atoms with Crippen LogP contribution < -0.4 is 5.32 Å². The number of rotatable bonds is 5. The van der Waals surface area contributed by atoms with Gasteiger partial charge in [0.1, 0.15) is 0 Å². The lowest BCUT2D eigenvalue weighted by Crippen LogP contribution is -2.16. The molecule has 4 heteroatoms. The van der Waals surface area contributed by atoms with Crippen LogP contribution in [0.2, 0.25) is 0 Å². The zero-order valence-electron chi connectivity index (χ0n) is 9.86. The van der Waals surface area contributed by atoms with Crippen molar-refractivity contribution in [3.05, 3.63) is 52.3 Å². The highest BCUT2D eigenvalue weighted by molar-refractivity contribution is 9.10. The van der Waals surface area contributed by atoms with Crippen molar-refractivity contribution in [1.82, 2.24) is 15.1 Å². The largest absolute Gasteiger partial charge is 0.311 e. The second-order valence-electron chi connectivity index (χ2n) is 3.85. The molecule has 1 N–H and O–H groups in total. The summed E-state index contributed by atoms with van der Waals surface area (Å²) in [7, 11) is 0. The molecule has 0 fully saturated rings. The van der Waals surface area contributed by atoms with E-state index in [2.05, 4.69) is 51.5 Å². The van der Waals surface area contributed by atoms with Crippen LogP contribution in [0.1, 0.15) is 18.2 Å². The van der Waals surface area contributed by atoms with Gasteiger partial charge in [-0.2, -0.15) is 5.10 Å². The summed E-state index contributed by atoms with van der Waals surface area (Å²) in [5.74, 6) is 0. The lowest BCUT2D eigenvalue weighted by atomic mass is 10.2. The minimum Gasteiger partial charge on any atom is -0.311 e. The second kappa shape index (κ2) is 5.98. The van der Waals surface area contributed by atoms with Crippen molar-refractivity contribution in [2.24, 2.45) is 0 Å². The van der Waals surface area contributed by atoms with Crippen LogP contribution >= 0.6 is 15.9 Å². The molecular formula is C13H16BrN3. The first kappa shape index (κ1) is 12.3. The number of nitrogens with one attached hydrogen (secondary N) is 1. The van der Waals surface area contributed by atoms with Gasteiger partial charge in [-0.3, -0.25) is 4.68 Å². The van der Waals surface area contributed by atoms with Crippen LogP contribution in [-0.4, -0.2) is 16.3 Å². The van der Waals surface area contributed by atoms with E-state index in [0.29, 0.717) is 0 Å². The summed E-state index contributed by atoms with van der Waals surface area (Å²) in [6.45, 7) is 4.74. The molecule has 2 aromatic rings. The number of halogens is 1. The van der Waals surface area contributed by atoms with E-state index in [1.807, 2.05) is 23.0 Å². The van der Waals surface area contributed by atoms with Crippen LogP contribution in [0.25, 0.3) is 0 Å². The standard InChI is InChI=1S/C13H16BrN3/c1-2-15-9-12-7-8-16-17(12)10-11-5-3-4-6-13(11)14/h3-8,15H,2,9-10H2,1H3. The molecule has 17 heavy (non-hydrogen) atoms. The van der Waals surface area contributed by atoms with Crippen molar-refractivity contribution < 1.29 is 0 Å². The molecule has 0 saturated carbocycles. The molecule has 0 atom stereocenters. The van der Waals surface area contributed by atoms with Gasteiger partial charge in [-0.15, -0.1) is 0 Å². The Kier molecular flexibility index (Phi) is 4.34. The summed E-state index contributed by atoms with van der Waals surface area (Å²) in [5.41, 5.74) is 2.46. The van der Waals surface area contributed by atoms with Gasteiger partial charge in [-0.1, -0.05) is 41.1 Å². The summed E-state index contributed by atoms with van der Waals surface area (Å²) in [6, 6.07) is 10.3. The van der Waals surface area contributed by atoms with E-state index >= 15 is 0 Å². The highest BCUT2D eigenvalue weighted by Crippen LogP contribution is 2.17. The SMILES string of the molecule is CCNCc1ccnn1Cc1ccccc1Br. The van der Waals surface area contributed by atoms with Crippen LogP contribution in [0.5, 0.6) is 0 Å². The number of benzene rings is 1. The molecule has 0 amide bonds. The van der Waals surface area contributed by atoms with Gasteiger partial charge in [-0.25, -0.2) is 0 Å². The first-order valence-corrected chi connectivity index (χ1v) is 6.55. The van der Waals surface area contributed by atoms with Crippen molar-refractivity contribution in [3.63, 3.8) is 0 Å². The fourth-order valence-electron chi connectivity index (χ4n) is 1.69. The Hall–Kier alpha value is -1.13. The molecule has 90 valence electrons. The number of hydrogen-bond acceptors (Lipinski definition) is 2. The van der Waals surface area contributed by atoms with Crippen LogP contribution in [0.15, 0.2) is 41.0 Å². The molecule has 0 unspecified atom stereocenters. The van der Waals surface area contributed by atoms with E-state index in [4.69, 9.17) is 0 Å². The maximum atomic E-state index is 4.36. The summed E-state index contributed by atoms with van der Waals surface area (Å²) in [6.07, 6.45) is 1.85. The summed E-state index contributed by atoms with van der Waals surface area (Å²) in [5, 5.41) is 7.68. The Bertz CT molecular complexity index is 479. The van der Waals surface area contributed by atoms with Gasteiger partial charge < -0.3 is 5.32 Å². The van der Waals surface area contributed by atoms with E-state index in [0.717, 1.165) is 24.1 Å². The molecule has 0 radical (unpaired) electrons. The summed E-state index contributed by atoms with van der Waals surface area (Å²) < 4.78 is 3.16. The van der Waals surface area contributed by atoms with Gasteiger partial charge in [0.2, 0.25) is 0 Å². The Morgan fingerprint density at radius 3 is 2.88 bits per heavy atom.